The molecule has 0 radical (unpaired) electrons. The molecule has 0 bridgehead atoms. The molecule has 0 aliphatic rings. The van der Waals surface area contributed by atoms with Gasteiger partial charge in [0, 0.05) is 18.5 Å². The highest BCUT2D eigenvalue weighted by Gasteiger charge is 2.07. The largest absolute Gasteiger partial charge is 0.352 e. The maximum absolute atomic E-state index is 11.9. The number of aromatic amines is 1. The molecule has 3 N–H and O–H groups in total. The summed E-state index contributed by atoms with van der Waals surface area (Å²) >= 11 is 0. The Hall–Kier alpha value is -3.41. The quantitative estimate of drug-likeness (QED) is 0.613. The molecule has 1 aromatic heterocycles. The number of carbonyl (C=O) groups is 2. The number of nitrogens with one attached hydrogen (secondary N) is 3. The minimum atomic E-state index is -0.183. The van der Waals surface area contributed by atoms with Gasteiger partial charge >= 0.3 is 0 Å². The highest BCUT2D eigenvalue weighted by Crippen LogP contribution is 2.15. The number of H-pyrrole nitrogens is 1. The zero-order chi connectivity index (χ0) is 18.2. The summed E-state index contributed by atoms with van der Waals surface area (Å²) in [5.74, 6) is 0.360. The van der Waals surface area contributed by atoms with E-state index in [1.807, 2.05) is 36.4 Å². The van der Waals surface area contributed by atoms with E-state index in [9.17, 15) is 9.59 Å². The van der Waals surface area contributed by atoms with Crippen LogP contribution in [0, 0.1) is 0 Å². The summed E-state index contributed by atoms with van der Waals surface area (Å²) in [5.41, 5.74) is 2.53. The van der Waals surface area contributed by atoms with Crippen molar-refractivity contribution >= 4 is 11.8 Å². The molecular formula is C20H20N4O2. The van der Waals surface area contributed by atoms with Crippen LogP contribution in [0.3, 0.4) is 0 Å². The van der Waals surface area contributed by atoms with Gasteiger partial charge < -0.3 is 15.6 Å². The van der Waals surface area contributed by atoms with Crippen LogP contribution < -0.4 is 10.6 Å². The summed E-state index contributed by atoms with van der Waals surface area (Å²) in [4.78, 5) is 31.3. The molecule has 0 atom stereocenters. The fraction of sp³-hybridized carbons (Fsp3) is 0.150. The Bertz CT molecular complexity index is 860. The molecule has 132 valence electrons. The maximum Gasteiger partial charge on any atom is 0.251 e. The standard InChI is InChI=1S/C20H20N4O2/c25-19(11-12-21-20(26)16-9-5-2-6-10-16)23-14-18-22-13-17(24-18)15-7-3-1-4-8-15/h1-10,13H,11-12,14H2,(H,21,26)(H,22,24)(H,23,25). The number of imidazole rings is 1. The second-order valence-electron chi connectivity index (χ2n) is 5.76. The first-order chi connectivity index (χ1) is 12.7. The van der Waals surface area contributed by atoms with Crippen LogP contribution in [0.2, 0.25) is 0 Å². The number of amides is 2. The molecule has 1 heterocycles. The highest BCUT2D eigenvalue weighted by atomic mass is 16.2. The van der Waals surface area contributed by atoms with Crippen LogP contribution in [0.5, 0.6) is 0 Å². The first kappa shape index (κ1) is 17.4. The Morgan fingerprint density at radius 2 is 1.62 bits per heavy atom. The molecule has 0 saturated heterocycles. The summed E-state index contributed by atoms with van der Waals surface area (Å²) in [5, 5.41) is 5.52. The van der Waals surface area contributed by atoms with Gasteiger partial charge in [0.15, 0.2) is 0 Å². The van der Waals surface area contributed by atoms with Crippen LogP contribution in [0.1, 0.15) is 22.6 Å². The number of nitrogens with zero attached hydrogens (tertiary/aromatic N) is 1. The molecule has 2 aromatic carbocycles. The zero-order valence-corrected chi connectivity index (χ0v) is 14.2. The fourth-order valence-electron chi connectivity index (χ4n) is 2.47. The number of benzene rings is 2. The molecule has 2 amide bonds. The molecule has 3 aromatic rings. The molecule has 0 aliphatic heterocycles. The summed E-state index contributed by atoms with van der Waals surface area (Å²) in [6, 6.07) is 18.8. The Morgan fingerprint density at radius 3 is 2.35 bits per heavy atom. The molecule has 0 saturated carbocycles. The summed E-state index contributed by atoms with van der Waals surface area (Å²) in [6.07, 6.45) is 1.96. The molecular weight excluding hydrogens is 328 g/mol. The van der Waals surface area contributed by atoms with E-state index < -0.39 is 0 Å². The van der Waals surface area contributed by atoms with Crippen molar-refractivity contribution in [1.29, 1.82) is 0 Å². The normalized spacial score (nSPS) is 10.3. The smallest absolute Gasteiger partial charge is 0.251 e. The number of aromatic nitrogens is 2. The van der Waals surface area contributed by atoms with Crippen molar-refractivity contribution in [2.75, 3.05) is 6.54 Å². The lowest BCUT2D eigenvalue weighted by atomic mass is 10.2. The van der Waals surface area contributed by atoms with Gasteiger partial charge in [-0.2, -0.15) is 0 Å². The average Bonchev–Trinajstić information content (AvgIpc) is 3.17. The second-order valence-corrected chi connectivity index (χ2v) is 5.76. The van der Waals surface area contributed by atoms with Gasteiger partial charge in [-0.3, -0.25) is 9.59 Å². The average molecular weight is 348 g/mol. The van der Waals surface area contributed by atoms with Crippen LogP contribution in [0.4, 0.5) is 0 Å². The van der Waals surface area contributed by atoms with E-state index in [2.05, 4.69) is 20.6 Å². The predicted octanol–water partition coefficient (Wildman–Crippen LogP) is 2.51. The Kier molecular flexibility index (Phi) is 5.77. The first-order valence-electron chi connectivity index (χ1n) is 8.41. The Labute approximate surface area is 151 Å². The number of carbonyl (C=O) groups excluding carboxylic acids is 2. The van der Waals surface area contributed by atoms with E-state index in [0.717, 1.165) is 11.3 Å². The third-order valence-electron chi connectivity index (χ3n) is 3.84. The molecule has 6 heteroatoms. The lowest BCUT2D eigenvalue weighted by molar-refractivity contribution is -0.121. The summed E-state index contributed by atoms with van der Waals surface area (Å²) < 4.78 is 0. The van der Waals surface area contributed by atoms with Crippen LogP contribution in [0.15, 0.2) is 66.9 Å². The maximum atomic E-state index is 11.9. The predicted molar refractivity (Wildman–Crippen MR) is 99.3 cm³/mol. The van der Waals surface area contributed by atoms with Gasteiger partial charge in [-0.15, -0.1) is 0 Å². The first-order valence-corrected chi connectivity index (χ1v) is 8.41. The molecule has 0 unspecified atom stereocenters. The number of rotatable bonds is 7. The molecule has 0 aliphatic carbocycles. The van der Waals surface area contributed by atoms with Gasteiger partial charge in [0.2, 0.25) is 5.91 Å². The minimum Gasteiger partial charge on any atom is -0.352 e. The van der Waals surface area contributed by atoms with Crippen molar-refractivity contribution in [3.05, 3.63) is 78.2 Å². The van der Waals surface area contributed by atoms with Crippen molar-refractivity contribution in [3.63, 3.8) is 0 Å². The molecule has 0 spiro atoms. The molecule has 6 nitrogen and oxygen atoms in total. The van der Waals surface area contributed by atoms with E-state index in [4.69, 9.17) is 0 Å². The van der Waals surface area contributed by atoms with Gasteiger partial charge in [-0.05, 0) is 17.7 Å². The summed E-state index contributed by atoms with van der Waals surface area (Å²) in [7, 11) is 0. The van der Waals surface area contributed by atoms with Gasteiger partial charge in [0.1, 0.15) is 5.82 Å². The zero-order valence-electron chi connectivity index (χ0n) is 14.2. The Morgan fingerprint density at radius 1 is 0.923 bits per heavy atom. The van der Waals surface area contributed by atoms with E-state index in [1.165, 1.54) is 0 Å². The second kappa shape index (κ2) is 8.62. The third kappa shape index (κ3) is 4.80. The lowest BCUT2D eigenvalue weighted by Crippen LogP contribution is -2.30. The van der Waals surface area contributed by atoms with Crippen molar-refractivity contribution < 1.29 is 9.59 Å². The fourth-order valence-corrected chi connectivity index (χ4v) is 2.47. The van der Waals surface area contributed by atoms with Crippen molar-refractivity contribution in [1.82, 2.24) is 20.6 Å². The van der Waals surface area contributed by atoms with Crippen LogP contribution in [-0.2, 0) is 11.3 Å². The minimum absolute atomic E-state index is 0.143. The van der Waals surface area contributed by atoms with E-state index >= 15 is 0 Å². The van der Waals surface area contributed by atoms with Crippen LogP contribution in [0.25, 0.3) is 11.3 Å². The number of hydrogen-bond donors (Lipinski definition) is 3. The van der Waals surface area contributed by atoms with Gasteiger partial charge in [0.25, 0.3) is 5.91 Å². The van der Waals surface area contributed by atoms with Crippen molar-refractivity contribution in [2.45, 2.75) is 13.0 Å². The van der Waals surface area contributed by atoms with Gasteiger partial charge in [-0.25, -0.2) is 4.98 Å². The Balaban J connectivity index is 1.41. The highest BCUT2D eigenvalue weighted by molar-refractivity contribution is 5.94. The molecule has 3 rings (SSSR count). The number of hydrogen-bond acceptors (Lipinski definition) is 3. The monoisotopic (exact) mass is 348 g/mol. The van der Waals surface area contributed by atoms with Crippen LogP contribution >= 0.6 is 0 Å². The van der Waals surface area contributed by atoms with Crippen LogP contribution in [-0.4, -0.2) is 28.3 Å². The van der Waals surface area contributed by atoms with Crippen molar-refractivity contribution in [2.24, 2.45) is 0 Å². The van der Waals surface area contributed by atoms with Gasteiger partial charge in [-0.1, -0.05) is 48.5 Å². The SMILES string of the molecule is O=C(CCNC(=O)c1ccccc1)NCc1ncc(-c2ccccc2)[nH]1. The lowest BCUT2D eigenvalue weighted by Gasteiger charge is -2.06. The van der Waals surface area contributed by atoms with Crippen molar-refractivity contribution in [3.8, 4) is 11.3 Å². The van der Waals surface area contributed by atoms with E-state index in [1.54, 1.807) is 30.5 Å². The topological polar surface area (TPSA) is 86.9 Å². The molecule has 26 heavy (non-hydrogen) atoms. The molecule has 0 fully saturated rings. The van der Waals surface area contributed by atoms with E-state index in [-0.39, 0.29) is 24.8 Å². The van der Waals surface area contributed by atoms with Gasteiger partial charge in [0.05, 0.1) is 18.4 Å². The van der Waals surface area contributed by atoms with E-state index in [0.29, 0.717) is 17.9 Å². The summed E-state index contributed by atoms with van der Waals surface area (Å²) in [6.45, 7) is 0.602. The third-order valence-corrected chi connectivity index (χ3v) is 3.84.